The van der Waals surface area contributed by atoms with Gasteiger partial charge in [0.15, 0.2) is 0 Å². The van der Waals surface area contributed by atoms with Crippen LogP contribution in [0.3, 0.4) is 0 Å². The van der Waals surface area contributed by atoms with Crippen molar-refractivity contribution in [1.29, 1.82) is 0 Å². The summed E-state index contributed by atoms with van der Waals surface area (Å²) in [6, 6.07) is 0. The minimum absolute atomic E-state index is 0.149. The summed E-state index contributed by atoms with van der Waals surface area (Å²) in [5.74, 6) is -0.309. The molecule has 0 bridgehead atoms. The summed E-state index contributed by atoms with van der Waals surface area (Å²) in [4.78, 5) is 24.6. The van der Waals surface area contributed by atoms with Gasteiger partial charge in [-0.1, -0.05) is 13.8 Å². The summed E-state index contributed by atoms with van der Waals surface area (Å²) >= 11 is 0. The fourth-order valence-electron chi connectivity index (χ4n) is 1.80. The highest BCUT2D eigenvalue weighted by atomic mass is 16.2. The predicted molar refractivity (Wildman–Crippen MR) is 49.1 cm³/mol. The fraction of sp³-hybridized carbons (Fsp3) is 0.778. The average molecular weight is 184 g/mol. The van der Waals surface area contributed by atoms with E-state index in [1.807, 2.05) is 25.8 Å². The van der Waals surface area contributed by atoms with E-state index in [1.54, 1.807) is 0 Å². The maximum absolute atomic E-state index is 11.6. The van der Waals surface area contributed by atoms with Crippen molar-refractivity contribution in [1.82, 2.24) is 10.2 Å². The monoisotopic (exact) mass is 184 g/mol. The second kappa shape index (κ2) is 3.46. The lowest BCUT2D eigenvalue weighted by Gasteiger charge is -2.33. The minimum atomic E-state index is -0.591. The van der Waals surface area contributed by atoms with Crippen molar-refractivity contribution in [2.75, 3.05) is 13.6 Å². The van der Waals surface area contributed by atoms with Crippen LogP contribution < -0.4 is 5.32 Å². The SMILES string of the molecule is CCN(C)C1(CC)CC(=O)NC1=O. The van der Waals surface area contributed by atoms with Gasteiger partial charge in [-0.25, -0.2) is 0 Å². The molecule has 0 saturated carbocycles. The average Bonchev–Trinajstić information content (AvgIpc) is 2.40. The first-order valence-electron chi connectivity index (χ1n) is 4.62. The van der Waals surface area contributed by atoms with E-state index < -0.39 is 5.54 Å². The molecule has 1 N–H and O–H groups in total. The third-order valence-electron chi connectivity index (χ3n) is 2.92. The van der Waals surface area contributed by atoms with Crippen LogP contribution in [0, 0.1) is 0 Å². The van der Waals surface area contributed by atoms with E-state index in [0.29, 0.717) is 12.8 Å². The molecular formula is C9H16N2O2. The summed E-state index contributed by atoms with van der Waals surface area (Å²) in [7, 11) is 1.88. The lowest BCUT2D eigenvalue weighted by Crippen LogP contribution is -2.51. The Hall–Kier alpha value is -0.900. The first kappa shape index (κ1) is 10.2. The molecule has 74 valence electrons. The third-order valence-corrected chi connectivity index (χ3v) is 2.92. The summed E-state index contributed by atoms with van der Waals surface area (Å²) in [6.07, 6.45) is 0.974. The second-order valence-corrected chi connectivity index (χ2v) is 3.45. The first-order valence-corrected chi connectivity index (χ1v) is 4.62. The van der Waals surface area contributed by atoms with E-state index >= 15 is 0 Å². The van der Waals surface area contributed by atoms with Gasteiger partial charge in [-0.2, -0.15) is 0 Å². The first-order chi connectivity index (χ1) is 6.06. The van der Waals surface area contributed by atoms with Crippen molar-refractivity contribution in [3.63, 3.8) is 0 Å². The number of nitrogens with one attached hydrogen (secondary N) is 1. The van der Waals surface area contributed by atoms with E-state index in [9.17, 15) is 9.59 Å². The van der Waals surface area contributed by atoms with Gasteiger partial charge in [0, 0.05) is 0 Å². The van der Waals surface area contributed by atoms with E-state index in [1.165, 1.54) is 0 Å². The number of carbonyl (C=O) groups is 2. The van der Waals surface area contributed by atoms with Crippen molar-refractivity contribution >= 4 is 11.8 Å². The molecule has 1 aliphatic rings. The highest BCUT2D eigenvalue weighted by molar-refractivity contribution is 6.08. The number of imide groups is 1. The highest BCUT2D eigenvalue weighted by Gasteiger charge is 2.47. The van der Waals surface area contributed by atoms with Gasteiger partial charge in [-0.05, 0) is 20.0 Å². The normalized spacial score (nSPS) is 28.3. The van der Waals surface area contributed by atoms with Crippen LogP contribution >= 0.6 is 0 Å². The largest absolute Gasteiger partial charge is 0.295 e. The van der Waals surface area contributed by atoms with Crippen LogP contribution in [0.15, 0.2) is 0 Å². The molecule has 1 unspecified atom stereocenters. The molecule has 0 aliphatic carbocycles. The molecule has 1 rings (SSSR count). The van der Waals surface area contributed by atoms with Gasteiger partial charge in [-0.3, -0.25) is 19.8 Å². The van der Waals surface area contributed by atoms with Crippen LogP contribution in [-0.2, 0) is 9.59 Å². The Balaban J connectivity index is 2.93. The molecule has 0 aromatic carbocycles. The zero-order chi connectivity index (χ0) is 10.1. The standard InChI is InChI=1S/C9H16N2O2/c1-4-9(11(3)5-2)6-7(12)10-8(9)13/h4-6H2,1-3H3,(H,10,12,13). The van der Waals surface area contributed by atoms with Crippen molar-refractivity contribution < 1.29 is 9.59 Å². The Labute approximate surface area is 78.3 Å². The van der Waals surface area contributed by atoms with Gasteiger partial charge < -0.3 is 0 Å². The summed E-state index contributed by atoms with van der Waals surface area (Å²) in [6.45, 7) is 4.69. The molecule has 1 heterocycles. The molecule has 2 amide bonds. The zero-order valence-corrected chi connectivity index (χ0v) is 8.39. The van der Waals surface area contributed by atoms with E-state index in [4.69, 9.17) is 0 Å². The van der Waals surface area contributed by atoms with Gasteiger partial charge in [0.05, 0.1) is 6.42 Å². The number of hydrogen-bond donors (Lipinski definition) is 1. The van der Waals surface area contributed by atoms with Gasteiger partial charge in [0.25, 0.3) is 0 Å². The molecule has 13 heavy (non-hydrogen) atoms. The number of carbonyl (C=O) groups excluding carboxylic acids is 2. The molecule has 1 aliphatic heterocycles. The van der Waals surface area contributed by atoms with Crippen molar-refractivity contribution in [2.24, 2.45) is 0 Å². The quantitative estimate of drug-likeness (QED) is 0.634. The van der Waals surface area contributed by atoms with Crippen LogP contribution in [0.5, 0.6) is 0 Å². The molecule has 1 fully saturated rings. The molecule has 1 saturated heterocycles. The van der Waals surface area contributed by atoms with Crippen LogP contribution in [0.4, 0.5) is 0 Å². The molecule has 0 radical (unpaired) electrons. The van der Waals surface area contributed by atoms with Crippen LogP contribution in [0.2, 0.25) is 0 Å². The number of amides is 2. The predicted octanol–water partition coefficient (Wildman–Crippen LogP) is 0.133. The summed E-state index contributed by atoms with van der Waals surface area (Å²) < 4.78 is 0. The number of nitrogens with zero attached hydrogens (tertiary/aromatic N) is 1. The fourth-order valence-corrected chi connectivity index (χ4v) is 1.80. The van der Waals surface area contributed by atoms with Crippen LogP contribution in [-0.4, -0.2) is 35.8 Å². The maximum Gasteiger partial charge on any atom is 0.247 e. The Morgan fingerprint density at radius 2 is 2.08 bits per heavy atom. The minimum Gasteiger partial charge on any atom is -0.295 e. The Bertz CT molecular complexity index is 240. The molecule has 0 aromatic rings. The lowest BCUT2D eigenvalue weighted by atomic mass is 9.92. The molecule has 1 atom stereocenters. The lowest BCUT2D eigenvalue weighted by molar-refractivity contribution is -0.129. The van der Waals surface area contributed by atoms with Gasteiger partial charge >= 0.3 is 0 Å². The van der Waals surface area contributed by atoms with Crippen molar-refractivity contribution in [2.45, 2.75) is 32.2 Å². The van der Waals surface area contributed by atoms with Crippen molar-refractivity contribution in [3.05, 3.63) is 0 Å². The molecular weight excluding hydrogens is 168 g/mol. The van der Waals surface area contributed by atoms with Crippen LogP contribution in [0.25, 0.3) is 0 Å². The Kier molecular flexibility index (Phi) is 2.71. The number of rotatable bonds is 3. The second-order valence-electron chi connectivity index (χ2n) is 3.45. The highest BCUT2D eigenvalue weighted by Crippen LogP contribution is 2.27. The summed E-state index contributed by atoms with van der Waals surface area (Å²) in [5.41, 5.74) is -0.591. The van der Waals surface area contributed by atoms with Gasteiger partial charge in [-0.15, -0.1) is 0 Å². The molecule has 0 spiro atoms. The topological polar surface area (TPSA) is 49.4 Å². The number of hydrogen-bond acceptors (Lipinski definition) is 3. The Morgan fingerprint density at radius 3 is 2.38 bits per heavy atom. The maximum atomic E-state index is 11.6. The van der Waals surface area contributed by atoms with Crippen molar-refractivity contribution in [3.8, 4) is 0 Å². The summed E-state index contributed by atoms with van der Waals surface area (Å²) in [5, 5.41) is 2.35. The zero-order valence-electron chi connectivity index (χ0n) is 8.39. The van der Waals surface area contributed by atoms with E-state index in [2.05, 4.69) is 5.32 Å². The van der Waals surface area contributed by atoms with E-state index in [0.717, 1.165) is 6.54 Å². The van der Waals surface area contributed by atoms with E-state index in [-0.39, 0.29) is 11.8 Å². The molecule has 0 aromatic heterocycles. The van der Waals surface area contributed by atoms with Gasteiger partial charge in [0.1, 0.15) is 5.54 Å². The Morgan fingerprint density at radius 1 is 1.46 bits per heavy atom. The van der Waals surface area contributed by atoms with Gasteiger partial charge in [0.2, 0.25) is 11.8 Å². The number of likely N-dealkylation sites (N-methyl/N-ethyl adjacent to an activating group) is 1. The smallest absolute Gasteiger partial charge is 0.247 e. The third kappa shape index (κ3) is 1.46. The van der Waals surface area contributed by atoms with Crippen LogP contribution in [0.1, 0.15) is 26.7 Å². The molecule has 4 heteroatoms. The molecule has 4 nitrogen and oxygen atoms in total.